The van der Waals surface area contributed by atoms with Crippen LogP contribution in [0.2, 0.25) is 0 Å². The molecular formula is C12H24N2O3. The van der Waals surface area contributed by atoms with Gasteiger partial charge in [0, 0.05) is 13.6 Å². The highest BCUT2D eigenvalue weighted by molar-refractivity contribution is 5.85. The average Bonchev–Trinajstić information content (AvgIpc) is 2.14. The topological polar surface area (TPSA) is 69.6 Å². The number of carbonyl (C=O) groups is 2. The molecule has 5 heteroatoms. The number of aliphatic carboxylic acids is 1. The first-order chi connectivity index (χ1) is 7.52. The summed E-state index contributed by atoms with van der Waals surface area (Å²) >= 11 is 0. The number of hydrogen-bond acceptors (Lipinski definition) is 2. The Labute approximate surface area is 103 Å². The van der Waals surface area contributed by atoms with Crippen molar-refractivity contribution in [3.8, 4) is 0 Å². The minimum atomic E-state index is -1.21. The Morgan fingerprint density at radius 2 is 1.71 bits per heavy atom. The Morgan fingerprint density at radius 1 is 1.24 bits per heavy atom. The summed E-state index contributed by atoms with van der Waals surface area (Å²) in [5.41, 5.74) is -1.22. The number of carbonyl (C=O) groups excluding carboxylic acids is 1. The number of urea groups is 1. The predicted molar refractivity (Wildman–Crippen MR) is 66.9 cm³/mol. The van der Waals surface area contributed by atoms with Crippen molar-refractivity contribution in [2.75, 3.05) is 13.6 Å². The molecule has 0 aromatic carbocycles. The minimum absolute atomic E-state index is 0.0159. The third kappa shape index (κ3) is 5.06. The third-order valence-corrected chi connectivity index (χ3v) is 2.62. The van der Waals surface area contributed by atoms with Crippen LogP contribution in [0.4, 0.5) is 4.79 Å². The summed E-state index contributed by atoms with van der Waals surface area (Å²) in [6.45, 7) is 9.88. The van der Waals surface area contributed by atoms with E-state index in [-0.39, 0.29) is 11.4 Å². The van der Waals surface area contributed by atoms with E-state index in [1.54, 1.807) is 14.0 Å². The van der Waals surface area contributed by atoms with E-state index in [1.807, 2.05) is 20.8 Å². The standard InChI is InChI=1S/C12H24N2O3/c1-7-12(5,9(15)16)13-10(17)14(6)8-11(2,3)4/h7-8H2,1-6H3,(H,13,17)(H,15,16). The predicted octanol–water partition coefficient (Wildman–Crippen LogP) is 1.93. The van der Waals surface area contributed by atoms with Gasteiger partial charge >= 0.3 is 12.0 Å². The molecule has 17 heavy (non-hydrogen) atoms. The molecule has 0 saturated heterocycles. The molecule has 0 radical (unpaired) electrons. The van der Waals surface area contributed by atoms with Gasteiger partial charge in [0.15, 0.2) is 0 Å². The molecule has 0 spiro atoms. The van der Waals surface area contributed by atoms with Gasteiger partial charge in [-0.15, -0.1) is 0 Å². The molecular weight excluding hydrogens is 220 g/mol. The zero-order valence-corrected chi connectivity index (χ0v) is 11.6. The lowest BCUT2D eigenvalue weighted by molar-refractivity contribution is -0.143. The molecule has 0 heterocycles. The van der Waals surface area contributed by atoms with E-state index in [0.29, 0.717) is 13.0 Å². The highest BCUT2D eigenvalue weighted by Gasteiger charge is 2.34. The van der Waals surface area contributed by atoms with Crippen LogP contribution in [0.5, 0.6) is 0 Å². The van der Waals surface area contributed by atoms with Gasteiger partial charge in [-0.1, -0.05) is 27.7 Å². The molecule has 0 fully saturated rings. The van der Waals surface area contributed by atoms with Crippen LogP contribution >= 0.6 is 0 Å². The van der Waals surface area contributed by atoms with Crippen molar-refractivity contribution in [1.29, 1.82) is 0 Å². The molecule has 1 atom stereocenters. The lowest BCUT2D eigenvalue weighted by Gasteiger charge is -2.31. The maximum Gasteiger partial charge on any atom is 0.329 e. The smallest absolute Gasteiger partial charge is 0.329 e. The summed E-state index contributed by atoms with van der Waals surface area (Å²) in [6, 6.07) is -0.355. The van der Waals surface area contributed by atoms with Gasteiger partial charge in [0.1, 0.15) is 5.54 Å². The second-order valence-electron chi connectivity index (χ2n) is 5.84. The molecule has 0 rings (SSSR count). The highest BCUT2D eigenvalue weighted by atomic mass is 16.4. The van der Waals surface area contributed by atoms with Gasteiger partial charge in [0.2, 0.25) is 0 Å². The molecule has 1 unspecified atom stereocenters. The molecule has 0 saturated carbocycles. The third-order valence-electron chi connectivity index (χ3n) is 2.62. The number of rotatable bonds is 4. The molecule has 0 aromatic heterocycles. The molecule has 2 N–H and O–H groups in total. The van der Waals surface area contributed by atoms with E-state index < -0.39 is 11.5 Å². The number of nitrogens with one attached hydrogen (secondary N) is 1. The molecule has 2 amide bonds. The number of hydrogen-bond donors (Lipinski definition) is 2. The van der Waals surface area contributed by atoms with Gasteiger partial charge < -0.3 is 15.3 Å². The van der Waals surface area contributed by atoms with E-state index in [9.17, 15) is 9.59 Å². The fraction of sp³-hybridized carbons (Fsp3) is 0.833. The van der Waals surface area contributed by atoms with E-state index in [4.69, 9.17) is 5.11 Å². The fourth-order valence-corrected chi connectivity index (χ4v) is 1.41. The summed E-state index contributed by atoms with van der Waals surface area (Å²) in [5.74, 6) is -1.02. The normalized spacial score (nSPS) is 14.9. The van der Waals surface area contributed by atoms with Crippen LogP contribution in [-0.4, -0.2) is 41.1 Å². The quantitative estimate of drug-likeness (QED) is 0.794. The Kier molecular flexibility index (Phi) is 4.98. The number of nitrogens with zero attached hydrogens (tertiary/aromatic N) is 1. The van der Waals surface area contributed by atoms with Crippen LogP contribution in [0, 0.1) is 5.41 Å². The van der Waals surface area contributed by atoms with Crippen molar-refractivity contribution < 1.29 is 14.7 Å². The molecule has 0 aliphatic rings. The Balaban J connectivity index is 4.58. The summed E-state index contributed by atoms with van der Waals surface area (Å²) in [4.78, 5) is 24.4. The molecule has 0 aliphatic heterocycles. The van der Waals surface area contributed by atoms with E-state index in [1.165, 1.54) is 11.8 Å². The highest BCUT2D eigenvalue weighted by Crippen LogP contribution is 2.15. The van der Waals surface area contributed by atoms with Gasteiger partial charge in [-0.25, -0.2) is 9.59 Å². The van der Waals surface area contributed by atoms with E-state index in [0.717, 1.165) is 0 Å². The van der Waals surface area contributed by atoms with Crippen molar-refractivity contribution in [1.82, 2.24) is 10.2 Å². The first-order valence-corrected chi connectivity index (χ1v) is 5.78. The molecule has 0 aromatic rings. The van der Waals surface area contributed by atoms with E-state index in [2.05, 4.69) is 5.32 Å². The van der Waals surface area contributed by atoms with Crippen LogP contribution in [0.1, 0.15) is 41.0 Å². The summed E-state index contributed by atoms with van der Waals surface area (Å²) in [6.07, 6.45) is 0.345. The Hall–Kier alpha value is -1.26. The maximum atomic E-state index is 11.9. The number of carboxylic acids is 1. The Bertz CT molecular complexity index is 297. The average molecular weight is 244 g/mol. The Morgan fingerprint density at radius 3 is 2.00 bits per heavy atom. The minimum Gasteiger partial charge on any atom is -0.480 e. The van der Waals surface area contributed by atoms with Crippen LogP contribution in [-0.2, 0) is 4.79 Å². The zero-order chi connectivity index (χ0) is 13.9. The summed E-state index contributed by atoms with van der Waals surface area (Å²) in [5, 5.41) is 11.6. The lowest BCUT2D eigenvalue weighted by Crippen LogP contribution is -2.55. The van der Waals surface area contributed by atoms with Crippen molar-refractivity contribution in [3.63, 3.8) is 0 Å². The van der Waals surface area contributed by atoms with Crippen LogP contribution in [0.15, 0.2) is 0 Å². The van der Waals surface area contributed by atoms with Crippen molar-refractivity contribution in [3.05, 3.63) is 0 Å². The number of amides is 2. The van der Waals surface area contributed by atoms with Crippen molar-refractivity contribution in [2.45, 2.75) is 46.6 Å². The maximum absolute atomic E-state index is 11.9. The summed E-state index contributed by atoms with van der Waals surface area (Å²) < 4.78 is 0. The van der Waals surface area contributed by atoms with Gasteiger partial charge in [-0.3, -0.25) is 0 Å². The van der Waals surface area contributed by atoms with Gasteiger partial charge in [-0.05, 0) is 18.8 Å². The first-order valence-electron chi connectivity index (χ1n) is 5.78. The van der Waals surface area contributed by atoms with Gasteiger partial charge in [0.05, 0.1) is 0 Å². The second kappa shape index (κ2) is 5.38. The van der Waals surface area contributed by atoms with E-state index >= 15 is 0 Å². The lowest BCUT2D eigenvalue weighted by atomic mass is 9.96. The molecule has 0 bridgehead atoms. The molecule has 5 nitrogen and oxygen atoms in total. The zero-order valence-electron chi connectivity index (χ0n) is 11.6. The van der Waals surface area contributed by atoms with Crippen LogP contribution in [0.25, 0.3) is 0 Å². The number of carboxylic acid groups (broad SMARTS) is 1. The largest absolute Gasteiger partial charge is 0.480 e. The van der Waals surface area contributed by atoms with Crippen molar-refractivity contribution >= 4 is 12.0 Å². The molecule has 0 aliphatic carbocycles. The monoisotopic (exact) mass is 244 g/mol. The fourth-order valence-electron chi connectivity index (χ4n) is 1.41. The van der Waals surface area contributed by atoms with Crippen LogP contribution < -0.4 is 5.32 Å². The van der Waals surface area contributed by atoms with Gasteiger partial charge in [-0.2, -0.15) is 0 Å². The van der Waals surface area contributed by atoms with Gasteiger partial charge in [0.25, 0.3) is 0 Å². The van der Waals surface area contributed by atoms with Crippen LogP contribution in [0.3, 0.4) is 0 Å². The molecule has 100 valence electrons. The summed E-state index contributed by atoms with van der Waals surface area (Å²) in [7, 11) is 1.67. The van der Waals surface area contributed by atoms with Crippen molar-refractivity contribution in [2.24, 2.45) is 5.41 Å². The SMILES string of the molecule is CCC(C)(NC(=O)N(C)CC(C)(C)C)C(=O)O. The second-order valence-corrected chi connectivity index (χ2v) is 5.84. The first kappa shape index (κ1) is 15.7.